The monoisotopic (exact) mass is 206 g/mol. The molecule has 78 valence electrons. The van der Waals surface area contributed by atoms with Gasteiger partial charge in [0.25, 0.3) is 0 Å². The van der Waals surface area contributed by atoms with Gasteiger partial charge in [0.1, 0.15) is 17.4 Å². The number of hydrogen-bond donors (Lipinski definition) is 0. The highest BCUT2D eigenvalue weighted by molar-refractivity contribution is 5.58. The first-order valence-corrected chi connectivity index (χ1v) is 4.53. The van der Waals surface area contributed by atoms with Crippen molar-refractivity contribution < 1.29 is 9.13 Å². The van der Waals surface area contributed by atoms with Gasteiger partial charge in [-0.2, -0.15) is 0 Å². The Kier molecular flexibility index (Phi) is 2.41. The number of benzene rings is 1. The molecule has 0 N–H and O–H groups in total. The van der Waals surface area contributed by atoms with Crippen LogP contribution in [0.4, 0.5) is 4.39 Å². The molecule has 0 saturated carbocycles. The fraction of sp³-hybridized carbons (Fsp3) is 0.182. The SMILES string of the molecule is COc1cc(F)cc(-c2nccn2C)c1. The van der Waals surface area contributed by atoms with Crippen LogP contribution in [0.5, 0.6) is 5.75 Å². The quantitative estimate of drug-likeness (QED) is 0.753. The van der Waals surface area contributed by atoms with Crippen LogP contribution in [0.1, 0.15) is 0 Å². The minimum absolute atomic E-state index is 0.327. The second kappa shape index (κ2) is 3.73. The summed E-state index contributed by atoms with van der Waals surface area (Å²) in [7, 11) is 3.37. The summed E-state index contributed by atoms with van der Waals surface area (Å²) in [4.78, 5) is 4.14. The number of aromatic nitrogens is 2. The Labute approximate surface area is 87.1 Å². The van der Waals surface area contributed by atoms with Crippen molar-refractivity contribution >= 4 is 0 Å². The van der Waals surface area contributed by atoms with Crippen molar-refractivity contribution in [1.82, 2.24) is 9.55 Å². The Morgan fingerprint density at radius 2 is 2.13 bits per heavy atom. The van der Waals surface area contributed by atoms with E-state index in [9.17, 15) is 4.39 Å². The summed E-state index contributed by atoms with van der Waals surface area (Å²) in [5, 5.41) is 0. The van der Waals surface area contributed by atoms with Crippen molar-refractivity contribution in [3.63, 3.8) is 0 Å². The molecular weight excluding hydrogens is 195 g/mol. The van der Waals surface area contributed by atoms with E-state index in [2.05, 4.69) is 4.98 Å². The third kappa shape index (κ3) is 1.83. The lowest BCUT2D eigenvalue weighted by Gasteiger charge is -2.05. The summed E-state index contributed by atoms with van der Waals surface area (Å²) in [5.74, 6) is 0.883. The summed E-state index contributed by atoms with van der Waals surface area (Å²) in [6, 6.07) is 4.53. The van der Waals surface area contributed by atoms with E-state index in [0.29, 0.717) is 17.1 Å². The molecule has 0 fully saturated rings. The normalized spacial score (nSPS) is 10.3. The molecule has 0 aliphatic rings. The van der Waals surface area contributed by atoms with Crippen LogP contribution in [0.25, 0.3) is 11.4 Å². The Morgan fingerprint density at radius 1 is 1.33 bits per heavy atom. The van der Waals surface area contributed by atoms with Gasteiger partial charge in [0, 0.05) is 31.1 Å². The van der Waals surface area contributed by atoms with Crippen LogP contribution in [0.3, 0.4) is 0 Å². The lowest BCUT2D eigenvalue weighted by Crippen LogP contribution is -1.93. The Morgan fingerprint density at radius 3 is 2.73 bits per heavy atom. The molecule has 2 rings (SSSR count). The Hall–Kier alpha value is -1.84. The van der Waals surface area contributed by atoms with Crippen LogP contribution in [-0.4, -0.2) is 16.7 Å². The highest BCUT2D eigenvalue weighted by Gasteiger charge is 2.06. The lowest BCUT2D eigenvalue weighted by atomic mass is 10.2. The second-order valence-electron chi connectivity index (χ2n) is 3.24. The summed E-state index contributed by atoms with van der Waals surface area (Å²) >= 11 is 0. The van der Waals surface area contributed by atoms with Gasteiger partial charge in [-0.1, -0.05) is 0 Å². The molecule has 0 radical (unpaired) electrons. The van der Waals surface area contributed by atoms with E-state index in [4.69, 9.17) is 4.74 Å². The standard InChI is InChI=1S/C11H11FN2O/c1-14-4-3-13-11(14)8-5-9(12)7-10(6-8)15-2/h3-7H,1-2H3. The molecule has 0 aliphatic heterocycles. The Bertz CT molecular complexity index is 479. The summed E-state index contributed by atoms with van der Waals surface area (Å²) in [6.45, 7) is 0. The van der Waals surface area contributed by atoms with Gasteiger partial charge in [-0.05, 0) is 12.1 Å². The second-order valence-corrected chi connectivity index (χ2v) is 3.24. The van der Waals surface area contributed by atoms with Crippen LogP contribution >= 0.6 is 0 Å². The lowest BCUT2D eigenvalue weighted by molar-refractivity contribution is 0.411. The minimum atomic E-state index is -0.327. The molecule has 0 bridgehead atoms. The molecule has 0 atom stereocenters. The van der Waals surface area contributed by atoms with Crippen LogP contribution < -0.4 is 4.74 Å². The van der Waals surface area contributed by atoms with Gasteiger partial charge in [-0.25, -0.2) is 9.37 Å². The zero-order valence-corrected chi connectivity index (χ0v) is 8.57. The molecule has 0 aliphatic carbocycles. The number of hydrogen-bond acceptors (Lipinski definition) is 2. The van der Waals surface area contributed by atoms with Crippen LogP contribution in [0.15, 0.2) is 30.6 Å². The van der Waals surface area contributed by atoms with Gasteiger partial charge in [0.05, 0.1) is 7.11 Å². The van der Waals surface area contributed by atoms with E-state index in [1.165, 1.54) is 19.2 Å². The molecule has 2 aromatic rings. The molecule has 3 nitrogen and oxygen atoms in total. The minimum Gasteiger partial charge on any atom is -0.497 e. The van der Waals surface area contributed by atoms with Crippen molar-refractivity contribution in [3.05, 3.63) is 36.4 Å². The Balaban J connectivity index is 2.53. The number of ether oxygens (including phenoxy) is 1. The molecule has 4 heteroatoms. The van der Waals surface area contributed by atoms with Gasteiger partial charge in [-0.15, -0.1) is 0 Å². The van der Waals surface area contributed by atoms with E-state index in [0.717, 1.165) is 0 Å². The van der Waals surface area contributed by atoms with Crippen molar-refractivity contribution in [1.29, 1.82) is 0 Å². The maximum atomic E-state index is 13.2. The van der Waals surface area contributed by atoms with E-state index in [-0.39, 0.29) is 5.82 Å². The molecule has 0 spiro atoms. The van der Waals surface area contributed by atoms with E-state index < -0.39 is 0 Å². The van der Waals surface area contributed by atoms with Gasteiger partial charge < -0.3 is 9.30 Å². The molecule has 1 aromatic heterocycles. The molecule has 0 amide bonds. The van der Waals surface area contributed by atoms with Gasteiger partial charge in [0.2, 0.25) is 0 Å². The zero-order valence-electron chi connectivity index (χ0n) is 8.57. The number of nitrogens with zero attached hydrogens (tertiary/aromatic N) is 2. The third-order valence-electron chi connectivity index (χ3n) is 2.19. The molecule has 1 aromatic carbocycles. The predicted molar refractivity (Wildman–Crippen MR) is 55.2 cm³/mol. The molecule has 0 unspecified atom stereocenters. The number of halogens is 1. The van der Waals surface area contributed by atoms with Gasteiger partial charge in [0.15, 0.2) is 0 Å². The number of aryl methyl sites for hydroxylation is 1. The summed E-state index contributed by atoms with van der Waals surface area (Å²) in [6.07, 6.45) is 3.49. The highest BCUT2D eigenvalue weighted by atomic mass is 19.1. The van der Waals surface area contributed by atoms with Crippen molar-refractivity contribution in [2.24, 2.45) is 7.05 Å². The smallest absolute Gasteiger partial charge is 0.139 e. The summed E-state index contributed by atoms with van der Waals surface area (Å²) in [5.41, 5.74) is 0.708. The average molecular weight is 206 g/mol. The van der Waals surface area contributed by atoms with E-state index in [1.807, 2.05) is 17.8 Å². The maximum absolute atomic E-state index is 13.2. The van der Waals surface area contributed by atoms with Crippen molar-refractivity contribution in [2.45, 2.75) is 0 Å². The molecule has 1 heterocycles. The number of imidazole rings is 1. The molecule has 0 saturated heterocycles. The first kappa shape index (κ1) is 9.71. The fourth-order valence-corrected chi connectivity index (χ4v) is 1.45. The van der Waals surface area contributed by atoms with Crippen molar-refractivity contribution in [2.75, 3.05) is 7.11 Å². The third-order valence-corrected chi connectivity index (χ3v) is 2.19. The molecule has 15 heavy (non-hydrogen) atoms. The van der Waals surface area contributed by atoms with E-state index in [1.54, 1.807) is 12.3 Å². The average Bonchev–Trinajstić information content (AvgIpc) is 2.63. The number of methoxy groups -OCH3 is 1. The summed E-state index contributed by atoms with van der Waals surface area (Å²) < 4.78 is 20.0. The highest BCUT2D eigenvalue weighted by Crippen LogP contribution is 2.23. The first-order chi connectivity index (χ1) is 7.20. The van der Waals surface area contributed by atoms with Crippen LogP contribution in [0, 0.1) is 5.82 Å². The van der Waals surface area contributed by atoms with Gasteiger partial charge >= 0.3 is 0 Å². The largest absolute Gasteiger partial charge is 0.497 e. The predicted octanol–water partition coefficient (Wildman–Crippen LogP) is 2.23. The van der Waals surface area contributed by atoms with Gasteiger partial charge in [-0.3, -0.25) is 0 Å². The van der Waals surface area contributed by atoms with Crippen molar-refractivity contribution in [3.8, 4) is 17.1 Å². The number of rotatable bonds is 2. The topological polar surface area (TPSA) is 27.1 Å². The zero-order chi connectivity index (χ0) is 10.8. The molecular formula is C11H11FN2O. The van der Waals surface area contributed by atoms with Crippen LogP contribution in [-0.2, 0) is 7.05 Å². The van der Waals surface area contributed by atoms with E-state index >= 15 is 0 Å². The fourth-order valence-electron chi connectivity index (χ4n) is 1.45. The first-order valence-electron chi connectivity index (χ1n) is 4.53. The van der Waals surface area contributed by atoms with Crippen LogP contribution in [0.2, 0.25) is 0 Å². The maximum Gasteiger partial charge on any atom is 0.139 e.